The van der Waals surface area contributed by atoms with Crippen LogP contribution in [0.5, 0.6) is 0 Å². The highest BCUT2D eigenvalue weighted by Gasteiger charge is 2.55. The van der Waals surface area contributed by atoms with E-state index >= 15 is 0 Å². The summed E-state index contributed by atoms with van der Waals surface area (Å²) >= 11 is 0. The summed E-state index contributed by atoms with van der Waals surface area (Å²) in [7, 11) is 0. The van der Waals surface area contributed by atoms with Crippen molar-refractivity contribution >= 4 is 0 Å². The van der Waals surface area contributed by atoms with Gasteiger partial charge in [-0.15, -0.1) is 0 Å². The second-order valence-corrected chi connectivity index (χ2v) is 16.9. The third-order valence-electron chi connectivity index (χ3n) is 12.4. The first kappa shape index (κ1) is 54.1. The minimum atomic E-state index is -2.11. The molecule has 6 aliphatic rings. The monoisotopic (exact) mass is 973 g/mol. The van der Waals surface area contributed by atoms with E-state index in [1.807, 2.05) is 0 Å². The van der Waals surface area contributed by atoms with Crippen molar-refractivity contribution in [3.63, 3.8) is 0 Å². The van der Waals surface area contributed by atoms with Crippen LogP contribution in [0.3, 0.4) is 0 Å². The maximum absolute atomic E-state index is 11.0. The highest BCUT2D eigenvalue weighted by molar-refractivity contribution is 4.99. The maximum Gasteiger partial charge on any atom is 0.187 e. The molecule has 0 radical (unpaired) electrons. The lowest BCUT2D eigenvalue weighted by molar-refractivity contribution is -0.381. The van der Waals surface area contributed by atoms with Crippen LogP contribution in [-0.4, -0.2) is 309 Å². The first-order valence-corrected chi connectivity index (χ1v) is 21.1. The fourth-order valence-corrected chi connectivity index (χ4v) is 8.26. The van der Waals surface area contributed by atoms with Crippen molar-refractivity contribution in [1.82, 2.24) is 0 Å². The van der Waals surface area contributed by atoms with E-state index in [-0.39, 0.29) is 0 Å². The normalized spacial score (nSPS) is 54.0. The van der Waals surface area contributed by atoms with Gasteiger partial charge in [0.2, 0.25) is 0 Å². The number of hydrogen-bond donors (Lipinski definition) is 19. The van der Waals surface area contributed by atoms with E-state index in [0.717, 1.165) is 0 Å². The smallest absolute Gasteiger partial charge is 0.187 e. The fourth-order valence-electron chi connectivity index (χ4n) is 8.26. The van der Waals surface area contributed by atoms with Gasteiger partial charge in [0.1, 0.15) is 134 Å². The van der Waals surface area contributed by atoms with Gasteiger partial charge in [-0.1, -0.05) is 0 Å². The van der Waals surface area contributed by atoms with Gasteiger partial charge in [0.25, 0.3) is 0 Å². The van der Waals surface area contributed by atoms with Crippen molar-refractivity contribution in [2.24, 2.45) is 5.73 Å². The molecule has 0 amide bonds. The van der Waals surface area contributed by atoms with Crippen molar-refractivity contribution in [3.05, 3.63) is 0 Å². The van der Waals surface area contributed by atoms with Gasteiger partial charge in [-0.05, 0) is 6.92 Å². The Hall–Kier alpha value is -1.20. The van der Waals surface area contributed by atoms with Crippen LogP contribution in [0.4, 0.5) is 0 Å². The maximum atomic E-state index is 11.0. The molecule has 0 spiro atoms. The molecule has 6 fully saturated rings. The molecule has 0 bridgehead atoms. The van der Waals surface area contributed by atoms with Crippen molar-refractivity contribution in [1.29, 1.82) is 0 Å². The Labute approximate surface area is 373 Å². The number of ether oxygens (including phenoxy) is 11. The van der Waals surface area contributed by atoms with Crippen LogP contribution in [0.1, 0.15) is 6.92 Å². The van der Waals surface area contributed by atoms with E-state index in [2.05, 4.69) is 0 Å². The summed E-state index contributed by atoms with van der Waals surface area (Å²) in [6.45, 7) is -2.79. The van der Waals surface area contributed by atoms with Crippen LogP contribution in [0.15, 0.2) is 0 Å². The number of nitrogens with two attached hydrogens (primary N) is 1. The molecule has 0 unspecified atom stereocenters. The lowest BCUT2D eigenvalue weighted by Gasteiger charge is -2.49. The Morgan fingerprint density at radius 1 is 0.348 bits per heavy atom. The van der Waals surface area contributed by atoms with Crippen LogP contribution in [0.2, 0.25) is 0 Å². The molecule has 6 aliphatic heterocycles. The van der Waals surface area contributed by atoms with Crippen molar-refractivity contribution in [2.45, 2.75) is 191 Å². The van der Waals surface area contributed by atoms with Gasteiger partial charge >= 0.3 is 0 Å². The van der Waals surface area contributed by atoms with E-state index in [9.17, 15) is 91.9 Å². The first-order valence-electron chi connectivity index (χ1n) is 21.1. The second kappa shape index (κ2) is 22.9. The number of aliphatic hydroxyl groups is 18. The molecule has 0 aromatic heterocycles. The van der Waals surface area contributed by atoms with Gasteiger partial charge in [-0.3, -0.25) is 0 Å². The zero-order valence-corrected chi connectivity index (χ0v) is 35.0. The molecule has 6 saturated heterocycles. The zero-order chi connectivity index (χ0) is 48.6. The molecule has 30 nitrogen and oxygen atoms in total. The minimum Gasteiger partial charge on any atom is -0.394 e. The SMILES string of the molecule is C[C@@H]1O[C@@H](OC[C@H]2O[C@H](O[C@@H]3[C@H](O[C@@H]4O[C@H](CO[C@H]5O[C@H](CO)[C@@H](O)[C@H](O)[C@H]5O)[C@@H](O)[C@H](O)[C@H]4O)[C@@H](N)[C@@H](O)O[C@@H]3CO)[C@H](O)[C@@H](O)[C@@H]2O)[C@H](O[C@@H]2O[C@H](CO)[C@@H](O)[C@H](O)[C@H]2O)[C@H](O)[C@H]1O. The lowest BCUT2D eigenvalue weighted by Crippen LogP contribution is -2.68. The van der Waals surface area contributed by atoms with Crippen molar-refractivity contribution < 1.29 is 144 Å². The summed E-state index contributed by atoms with van der Waals surface area (Å²) in [6, 6.07) is -1.66. The molecule has 66 heavy (non-hydrogen) atoms. The Morgan fingerprint density at radius 3 is 1.17 bits per heavy atom. The van der Waals surface area contributed by atoms with Crippen molar-refractivity contribution in [3.8, 4) is 0 Å². The lowest BCUT2D eigenvalue weighted by atomic mass is 9.95. The zero-order valence-electron chi connectivity index (χ0n) is 35.0. The van der Waals surface area contributed by atoms with Crippen LogP contribution in [0, 0.1) is 0 Å². The Bertz CT molecular complexity index is 1490. The highest BCUT2D eigenvalue weighted by atomic mass is 16.8. The number of hydrogen-bond acceptors (Lipinski definition) is 30. The molecular weight excluding hydrogens is 910 g/mol. The average Bonchev–Trinajstić information content (AvgIpc) is 3.30. The fraction of sp³-hybridized carbons (Fsp3) is 1.00. The minimum absolute atomic E-state index is 0.758. The van der Waals surface area contributed by atoms with Gasteiger partial charge in [-0.2, -0.15) is 0 Å². The van der Waals surface area contributed by atoms with Crippen LogP contribution in [0.25, 0.3) is 0 Å². The second-order valence-electron chi connectivity index (χ2n) is 16.9. The number of aliphatic hydroxyl groups excluding tert-OH is 18. The molecule has 30 atom stereocenters. The summed E-state index contributed by atoms with van der Waals surface area (Å²) in [6.07, 6.45) is -52.1. The van der Waals surface area contributed by atoms with E-state index in [1.54, 1.807) is 0 Å². The standard InChI is InChI=1S/C36H63NO29/c1-7-14(41)23(50)30(66-33-25(52)20(47)16(43)9(3-39)61-33)36(58-7)57-6-12-18(45)21(48)26(53)34(62-12)64-28-10(4-40)59-31(55)13(37)29(28)65-35-27(54)22(49)17(44)11(63-35)5-56-32-24(51)19(46)15(42)8(2-38)60-32/h7-36,38-55H,2-6,37H2,1H3/t7-,8+,9+,10+,11+,12+,13+,14-,15+,16+,17+,18+,19-,20-,21-,22-,23+,24+,25+,26+,27+,28-,29+,30+,31-,32-,33-,34+,35-,36+/m0/s1. The predicted molar refractivity (Wildman–Crippen MR) is 200 cm³/mol. The third-order valence-corrected chi connectivity index (χ3v) is 12.4. The van der Waals surface area contributed by atoms with Crippen molar-refractivity contribution in [2.75, 3.05) is 33.0 Å². The molecule has 20 N–H and O–H groups in total. The molecule has 0 aromatic rings. The van der Waals surface area contributed by atoms with E-state index in [1.165, 1.54) is 6.92 Å². The van der Waals surface area contributed by atoms with Gasteiger partial charge in [0.05, 0.1) is 45.2 Å². The van der Waals surface area contributed by atoms with Crippen LogP contribution >= 0.6 is 0 Å². The van der Waals surface area contributed by atoms with E-state index in [0.29, 0.717) is 0 Å². The Kier molecular flexibility index (Phi) is 18.8. The van der Waals surface area contributed by atoms with Gasteiger partial charge in [-0.25, -0.2) is 0 Å². The Morgan fingerprint density at radius 2 is 0.712 bits per heavy atom. The molecule has 6 heterocycles. The molecule has 6 rings (SSSR count). The molecule has 386 valence electrons. The predicted octanol–water partition coefficient (Wildman–Crippen LogP) is -13.1. The quantitative estimate of drug-likeness (QED) is 0.0724. The summed E-state index contributed by atoms with van der Waals surface area (Å²) in [5, 5.41) is 188. The third kappa shape index (κ3) is 11.1. The average molecular weight is 974 g/mol. The largest absolute Gasteiger partial charge is 0.394 e. The highest BCUT2D eigenvalue weighted by Crippen LogP contribution is 2.35. The van der Waals surface area contributed by atoms with E-state index in [4.69, 9.17) is 57.8 Å². The van der Waals surface area contributed by atoms with Crippen LogP contribution < -0.4 is 5.73 Å². The molecule has 30 heteroatoms. The first-order chi connectivity index (χ1) is 31.1. The van der Waals surface area contributed by atoms with Gasteiger partial charge < -0.3 is 150 Å². The molecular formula is C36H63NO29. The number of rotatable bonds is 15. The molecule has 0 aliphatic carbocycles. The van der Waals surface area contributed by atoms with E-state index < -0.39 is 217 Å². The summed E-state index contributed by atoms with van der Waals surface area (Å²) in [5.41, 5.74) is 6.22. The van der Waals surface area contributed by atoms with Gasteiger partial charge in [0.15, 0.2) is 37.7 Å². The van der Waals surface area contributed by atoms with Gasteiger partial charge in [0, 0.05) is 0 Å². The van der Waals surface area contributed by atoms with Crippen LogP contribution in [-0.2, 0) is 52.1 Å². The Balaban J connectivity index is 1.15. The topological polar surface area (TPSA) is 492 Å². The molecule has 0 saturated carbocycles. The summed E-state index contributed by atoms with van der Waals surface area (Å²) in [4.78, 5) is 0. The molecule has 0 aromatic carbocycles. The summed E-state index contributed by atoms with van der Waals surface area (Å²) in [5.74, 6) is 0. The summed E-state index contributed by atoms with van der Waals surface area (Å²) < 4.78 is 61.8.